The van der Waals surface area contributed by atoms with Crippen molar-refractivity contribution < 1.29 is 0 Å². The molecule has 7 rings (SSSR count). The lowest BCUT2D eigenvalue weighted by Crippen LogP contribution is -2.52. The maximum Gasteiger partial charge on any atom is 0.154 e. The molecule has 1 unspecified atom stereocenters. The van der Waals surface area contributed by atoms with E-state index in [1.807, 2.05) is 0 Å². The first-order chi connectivity index (χ1) is 23.1. The maximum atomic E-state index is 4.77. The first kappa shape index (κ1) is 30.4. The van der Waals surface area contributed by atoms with E-state index >= 15 is 0 Å². The van der Waals surface area contributed by atoms with Crippen molar-refractivity contribution in [2.75, 3.05) is 29.4 Å². The molecule has 0 N–H and O–H groups in total. The molecule has 1 aliphatic heterocycles. The summed E-state index contributed by atoms with van der Waals surface area (Å²) in [6.07, 6.45) is 0.807. The van der Waals surface area contributed by atoms with Crippen LogP contribution in [-0.2, 0) is 11.8 Å². The molecule has 0 amide bonds. The molecule has 0 radical (unpaired) electrons. The lowest BCUT2D eigenvalue weighted by atomic mass is 9.65. The predicted octanol–water partition coefficient (Wildman–Crippen LogP) is 8.78. The van der Waals surface area contributed by atoms with Crippen LogP contribution in [0.3, 0.4) is 0 Å². The first-order valence-corrected chi connectivity index (χ1v) is 16.7. The summed E-state index contributed by atoms with van der Waals surface area (Å²) < 4.78 is 0. The highest BCUT2D eigenvalue weighted by atomic mass is 15.3. The molecule has 2 heterocycles. The van der Waals surface area contributed by atoms with Crippen molar-refractivity contribution in [3.8, 4) is 0 Å². The molecule has 1 aliphatic rings. The predicted molar refractivity (Wildman–Crippen MR) is 195 cm³/mol. The topological polar surface area (TPSA) is 32.3 Å². The Morgan fingerprint density at radius 1 is 0.574 bits per heavy atom. The van der Waals surface area contributed by atoms with Gasteiger partial charge in [-0.15, -0.1) is 5.10 Å². The van der Waals surface area contributed by atoms with E-state index in [-0.39, 0.29) is 0 Å². The molecular weight excluding hydrogens is 573 g/mol. The van der Waals surface area contributed by atoms with Gasteiger partial charge in [-0.3, -0.25) is 0 Å². The van der Waals surface area contributed by atoms with Gasteiger partial charge in [0.2, 0.25) is 0 Å². The van der Waals surface area contributed by atoms with Crippen LogP contribution in [0.1, 0.15) is 51.6 Å². The Balaban J connectivity index is 1.16. The third-order valence-corrected chi connectivity index (χ3v) is 9.99. The summed E-state index contributed by atoms with van der Waals surface area (Å²) in [5.41, 5.74) is 10.6. The monoisotopic (exact) mass is 614 g/mol. The van der Waals surface area contributed by atoms with Crippen LogP contribution in [0.15, 0.2) is 146 Å². The molecule has 1 aromatic heterocycles. The van der Waals surface area contributed by atoms with Gasteiger partial charge in [-0.1, -0.05) is 133 Å². The standard InChI is InChI=1S/C43H42N4/c1-32-31-46(42-34(3)33(2)41(44-45-42)30-35-16-8-4-9-17-35)28-29-47(32)40-26-24-39(25-27-40)43(36-18-10-5-11-19-36,37-20-12-6-13-21-37)38-22-14-7-15-23-38/h4-27,32H,28-31H2,1-3H3. The summed E-state index contributed by atoms with van der Waals surface area (Å²) in [6.45, 7) is 9.43. The summed E-state index contributed by atoms with van der Waals surface area (Å²) in [6, 6.07) is 52.9. The van der Waals surface area contributed by atoms with Crippen molar-refractivity contribution in [2.24, 2.45) is 0 Å². The SMILES string of the molecule is Cc1c(Cc2ccccc2)nnc(N2CCN(c3ccc(C(c4ccccc4)(c4ccccc4)c4ccccc4)cc3)C(C)C2)c1C. The molecule has 0 aliphatic carbocycles. The van der Waals surface area contributed by atoms with Gasteiger partial charge in [0, 0.05) is 37.8 Å². The second-order valence-electron chi connectivity index (χ2n) is 12.8. The number of benzene rings is 5. The van der Waals surface area contributed by atoms with Gasteiger partial charge in [0.1, 0.15) is 0 Å². The highest BCUT2D eigenvalue weighted by Crippen LogP contribution is 2.45. The average Bonchev–Trinajstić information content (AvgIpc) is 3.13. The van der Waals surface area contributed by atoms with E-state index in [1.165, 1.54) is 44.6 Å². The Hall–Kier alpha value is -5.22. The largest absolute Gasteiger partial charge is 0.365 e. The molecule has 0 spiro atoms. The second kappa shape index (κ2) is 13.3. The smallest absolute Gasteiger partial charge is 0.154 e. The molecule has 6 aromatic rings. The zero-order valence-electron chi connectivity index (χ0n) is 27.6. The number of nitrogens with zero attached hydrogens (tertiary/aromatic N) is 4. The van der Waals surface area contributed by atoms with E-state index in [9.17, 15) is 0 Å². The van der Waals surface area contributed by atoms with Crippen LogP contribution in [0.25, 0.3) is 0 Å². The molecule has 1 atom stereocenters. The van der Waals surface area contributed by atoms with Crippen LogP contribution >= 0.6 is 0 Å². The van der Waals surface area contributed by atoms with Crippen LogP contribution in [0, 0.1) is 13.8 Å². The molecule has 4 nitrogen and oxygen atoms in total. The van der Waals surface area contributed by atoms with Gasteiger partial charge in [-0.2, -0.15) is 5.10 Å². The zero-order valence-corrected chi connectivity index (χ0v) is 27.6. The quantitative estimate of drug-likeness (QED) is 0.161. The van der Waals surface area contributed by atoms with Crippen LogP contribution in [0.2, 0.25) is 0 Å². The van der Waals surface area contributed by atoms with Crippen LogP contribution < -0.4 is 9.80 Å². The second-order valence-corrected chi connectivity index (χ2v) is 12.8. The lowest BCUT2D eigenvalue weighted by Gasteiger charge is -2.42. The van der Waals surface area contributed by atoms with E-state index in [0.717, 1.165) is 37.6 Å². The van der Waals surface area contributed by atoms with E-state index in [0.29, 0.717) is 6.04 Å². The molecule has 47 heavy (non-hydrogen) atoms. The van der Waals surface area contributed by atoms with Gasteiger partial charge < -0.3 is 9.80 Å². The molecule has 234 valence electrons. The molecule has 1 saturated heterocycles. The molecule has 0 bridgehead atoms. The Kier molecular flexibility index (Phi) is 8.58. The molecule has 1 fully saturated rings. The zero-order chi connectivity index (χ0) is 32.2. The number of hydrogen-bond acceptors (Lipinski definition) is 4. The van der Waals surface area contributed by atoms with E-state index in [4.69, 9.17) is 10.2 Å². The fourth-order valence-electron chi connectivity index (χ4n) is 7.40. The highest BCUT2D eigenvalue weighted by molar-refractivity contribution is 5.62. The average molecular weight is 615 g/mol. The highest BCUT2D eigenvalue weighted by Gasteiger charge is 2.38. The van der Waals surface area contributed by atoms with Crippen molar-refractivity contribution in [3.63, 3.8) is 0 Å². The summed E-state index contributed by atoms with van der Waals surface area (Å²) in [7, 11) is 0. The maximum absolute atomic E-state index is 4.77. The molecular formula is C43H42N4. The van der Waals surface area contributed by atoms with E-state index in [1.54, 1.807) is 0 Å². The summed E-state index contributed by atoms with van der Waals surface area (Å²) >= 11 is 0. The van der Waals surface area contributed by atoms with Crippen LogP contribution in [-0.4, -0.2) is 35.9 Å². The van der Waals surface area contributed by atoms with Crippen molar-refractivity contribution >= 4 is 11.5 Å². The summed E-state index contributed by atoms with van der Waals surface area (Å²) in [4.78, 5) is 4.96. The number of rotatable bonds is 8. The van der Waals surface area contributed by atoms with Gasteiger partial charge >= 0.3 is 0 Å². The Labute approximate surface area is 279 Å². The van der Waals surface area contributed by atoms with Gasteiger partial charge in [0.05, 0.1) is 11.1 Å². The minimum absolute atomic E-state index is 0.322. The summed E-state index contributed by atoms with van der Waals surface area (Å²) in [5.74, 6) is 1.01. The number of hydrogen-bond donors (Lipinski definition) is 0. The lowest BCUT2D eigenvalue weighted by molar-refractivity contribution is 0.544. The molecule has 4 heteroatoms. The Morgan fingerprint density at radius 2 is 1.06 bits per heavy atom. The minimum atomic E-state index is -0.437. The number of piperazine rings is 1. The van der Waals surface area contributed by atoms with Crippen molar-refractivity contribution in [1.29, 1.82) is 0 Å². The third-order valence-electron chi connectivity index (χ3n) is 9.99. The normalized spacial score (nSPS) is 15.1. The van der Waals surface area contributed by atoms with Crippen molar-refractivity contribution in [2.45, 2.75) is 38.6 Å². The Bertz CT molecular complexity index is 1810. The first-order valence-electron chi connectivity index (χ1n) is 16.7. The van der Waals surface area contributed by atoms with Crippen molar-refractivity contribution in [1.82, 2.24) is 10.2 Å². The third kappa shape index (κ3) is 5.81. The molecule has 0 saturated carbocycles. The fourth-order valence-corrected chi connectivity index (χ4v) is 7.40. The van der Waals surface area contributed by atoms with E-state index < -0.39 is 5.41 Å². The van der Waals surface area contributed by atoms with E-state index in [2.05, 4.69) is 176 Å². The Morgan fingerprint density at radius 3 is 1.57 bits per heavy atom. The van der Waals surface area contributed by atoms with Crippen LogP contribution in [0.4, 0.5) is 11.5 Å². The number of anilines is 2. The van der Waals surface area contributed by atoms with Gasteiger partial charge in [0.25, 0.3) is 0 Å². The van der Waals surface area contributed by atoms with Gasteiger partial charge in [0.15, 0.2) is 5.82 Å². The van der Waals surface area contributed by atoms with Crippen molar-refractivity contribution in [3.05, 3.63) is 190 Å². The van der Waals surface area contributed by atoms with Crippen LogP contribution in [0.5, 0.6) is 0 Å². The van der Waals surface area contributed by atoms with Gasteiger partial charge in [-0.25, -0.2) is 0 Å². The summed E-state index contributed by atoms with van der Waals surface area (Å²) in [5, 5.41) is 9.49. The fraction of sp³-hybridized carbons (Fsp3) is 0.209. The number of aromatic nitrogens is 2. The minimum Gasteiger partial charge on any atom is -0.365 e. The molecule has 5 aromatic carbocycles. The van der Waals surface area contributed by atoms with Gasteiger partial charge in [-0.05, 0) is 71.8 Å².